The summed E-state index contributed by atoms with van der Waals surface area (Å²) in [5.74, 6) is 0. The molecule has 1 aliphatic carbocycles. The quantitative estimate of drug-likeness (QED) is 0.405. The molecule has 0 atom stereocenters. The molecule has 3 nitrogen and oxygen atoms in total. The molecule has 0 aromatic heterocycles. The second kappa shape index (κ2) is 1.72. The molecule has 4 heteroatoms. The van der Waals surface area contributed by atoms with Gasteiger partial charge >= 0.3 is 7.12 Å². The van der Waals surface area contributed by atoms with Gasteiger partial charge < -0.3 is 15.2 Å². The van der Waals surface area contributed by atoms with Gasteiger partial charge in [-0.3, -0.25) is 0 Å². The third kappa shape index (κ3) is 0.748. The Balaban J connectivity index is 2.41. The summed E-state index contributed by atoms with van der Waals surface area (Å²) in [5, 5.41) is 25.0. The minimum absolute atomic E-state index is 0.106. The maximum Gasteiger partial charge on any atom is 0.460 e. The molecule has 0 amide bonds. The van der Waals surface area contributed by atoms with Crippen molar-refractivity contribution in [1.82, 2.24) is 0 Å². The van der Waals surface area contributed by atoms with Crippen LogP contribution < -0.4 is 0 Å². The van der Waals surface area contributed by atoms with Crippen molar-refractivity contribution in [2.75, 3.05) is 6.61 Å². The van der Waals surface area contributed by atoms with Crippen LogP contribution >= 0.6 is 0 Å². The van der Waals surface area contributed by atoms with Gasteiger partial charge in [0.15, 0.2) is 0 Å². The Morgan fingerprint density at radius 1 is 1.38 bits per heavy atom. The lowest BCUT2D eigenvalue weighted by atomic mass is 9.70. The van der Waals surface area contributed by atoms with Gasteiger partial charge in [0.2, 0.25) is 0 Å². The van der Waals surface area contributed by atoms with Crippen LogP contribution in [-0.4, -0.2) is 28.9 Å². The van der Waals surface area contributed by atoms with E-state index in [0.29, 0.717) is 0 Å². The molecule has 0 aromatic rings. The first-order valence-corrected chi connectivity index (χ1v) is 2.68. The zero-order valence-corrected chi connectivity index (χ0v) is 4.54. The summed E-state index contributed by atoms with van der Waals surface area (Å²) in [6.45, 7) is -0.106. The summed E-state index contributed by atoms with van der Waals surface area (Å²) >= 11 is 0. The minimum Gasteiger partial charge on any atom is -0.427 e. The van der Waals surface area contributed by atoms with E-state index in [9.17, 15) is 0 Å². The van der Waals surface area contributed by atoms with Gasteiger partial charge in [-0.1, -0.05) is 0 Å². The standard InChI is InChI=1S/C4H9BO3/c6-3-4(1-2-4)5(7)8/h6-8H,1-3H2. The molecule has 0 heterocycles. The fraction of sp³-hybridized carbons (Fsp3) is 1.00. The molecular weight excluding hydrogens is 107 g/mol. The van der Waals surface area contributed by atoms with Crippen LogP contribution in [0.3, 0.4) is 0 Å². The first-order valence-electron chi connectivity index (χ1n) is 2.68. The van der Waals surface area contributed by atoms with E-state index in [2.05, 4.69) is 0 Å². The van der Waals surface area contributed by atoms with Crippen molar-refractivity contribution in [1.29, 1.82) is 0 Å². The topological polar surface area (TPSA) is 60.7 Å². The first-order chi connectivity index (χ1) is 3.71. The SMILES string of the molecule is OCC1(B(O)O)CC1. The van der Waals surface area contributed by atoms with Crippen LogP contribution in [0.25, 0.3) is 0 Å². The lowest BCUT2D eigenvalue weighted by molar-refractivity contribution is 0.253. The van der Waals surface area contributed by atoms with Crippen molar-refractivity contribution in [3.63, 3.8) is 0 Å². The highest BCUT2D eigenvalue weighted by molar-refractivity contribution is 6.47. The smallest absolute Gasteiger partial charge is 0.427 e. The zero-order chi connectivity index (χ0) is 6.20. The highest BCUT2D eigenvalue weighted by atomic mass is 16.4. The molecule has 1 fully saturated rings. The summed E-state index contributed by atoms with van der Waals surface area (Å²) in [6.07, 6.45) is 1.47. The molecule has 0 unspecified atom stereocenters. The van der Waals surface area contributed by atoms with E-state index in [1.807, 2.05) is 0 Å². The Hall–Kier alpha value is -0.0551. The predicted molar refractivity (Wildman–Crippen MR) is 29.2 cm³/mol. The summed E-state index contributed by atoms with van der Waals surface area (Å²) < 4.78 is 0. The van der Waals surface area contributed by atoms with Crippen LogP contribution in [0, 0.1) is 0 Å². The van der Waals surface area contributed by atoms with E-state index < -0.39 is 12.4 Å². The summed E-state index contributed by atoms with van der Waals surface area (Å²) in [7, 11) is -1.33. The third-order valence-corrected chi connectivity index (χ3v) is 1.75. The number of rotatable bonds is 2. The van der Waals surface area contributed by atoms with Crippen molar-refractivity contribution < 1.29 is 15.2 Å². The number of hydrogen-bond acceptors (Lipinski definition) is 3. The van der Waals surface area contributed by atoms with E-state index >= 15 is 0 Å². The molecular formula is C4H9BO3. The molecule has 1 saturated carbocycles. The van der Waals surface area contributed by atoms with E-state index in [1.165, 1.54) is 0 Å². The average molecular weight is 116 g/mol. The van der Waals surface area contributed by atoms with E-state index in [4.69, 9.17) is 15.2 Å². The van der Waals surface area contributed by atoms with Gasteiger partial charge in [0.05, 0.1) is 0 Å². The van der Waals surface area contributed by atoms with Crippen LogP contribution in [-0.2, 0) is 0 Å². The van der Waals surface area contributed by atoms with E-state index in [0.717, 1.165) is 12.8 Å². The monoisotopic (exact) mass is 116 g/mol. The van der Waals surface area contributed by atoms with Gasteiger partial charge in [0, 0.05) is 11.9 Å². The molecule has 0 aromatic carbocycles. The second-order valence-corrected chi connectivity index (χ2v) is 2.39. The molecule has 8 heavy (non-hydrogen) atoms. The Kier molecular flexibility index (Phi) is 1.31. The second-order valence-electron chi connectivity index (χ2n) is 2.39. The fourth-order valence-electron chi connectivity index (χ4n) is 0.659. The van der Waals surface area contributed by atoms with E-state index in [-0.39, 0.29) is 6.61 Å². The Morgan fingerprint density at radius 2 is 1.88 bits per heavy atom. The molecule has 3 N–H and O–H groups in total. The number of aliphatic hydroxyl groups excluding tert-OH is 1. The largest absolute Gasteiger partial charge is 0.460 e. The van der Waals surface area contributed by atoms with Crippen LogP contribution in [0.1, 0.15) is 12.8 Å². The van der Waals surface area contributed by atoms with Crippen LogP contribution in [0.15, 0.2) is 0 Å². The molecule has 0 saturated heterocycles. The van der Waals surface area contributed by atoms with Crippen molar-refractivity contribution in [3.8, 4) is 0 Å². The van der Waals surface area contributed by atoms with Crippen molar-refractivity contribution in [2.24, 2.45) is 0 Å². The van der Waals surface area contributed by atoms with Gasteiger partial charge in [-0.2, -0.15) is 0 Å². The fourth-order valence-corrected chi connectivity index (χ4v) is 0.659. The summed E-state index contributed by atoms with van der Waals surface area (Å²) in [4.78, 5) is 0. The molecule has 0 aliphatic heterocycles. The van der Waals surface area contributed by atoms with Crippen LogP contribution in [0.4, 0.5) is 0 Å². The van der Waals surface area contributed by atoms with Gasteiger partial charge in [-0.25, -0.2) is 0 Å². The average Bonchev–Trinajstić information content (AvgIpc) is 2.44. The number of hydrogen-bond donors (Lipinski definition) is 3. The lowest BCUT2D eigenvalue weighted by Crippen LogP contribution is -2.24. The summed E-state index contributed by atoms with van der Waals surface area (Å²) in [6, 6.07) is 0. The van der Waals surface area contributed by atoms with Crippen molar-refractivity contribution >= 4 is 7.12 Å². The third-order valence-electron chi connectivity index (χ3n) is 1.75. The van der Waals surface area contributed by atoms with Gasteiger partial charge in [0.25, 0.3) is 0 Å². The van der Waals surface area contributed by atoms with Gasteiger partial charge in [-0.15, -0.1) is 0 Å². The molecule has 1 aliphatic rings. The van der Waals surface area contributed by atoms with Gasteiger partial charge in [0.1, 0.15) is 0 Å². The Bertz CT molecular complexity index is 89.3. The number of aliphatic hydroxyl groups is 1. The minimum atomic E-state index is -1.33. The van der Waals surface area contributed by atoms with Gasteiger partial charge in [-0.05, 0) is 12.8 Å². The highest BCUT2D eigenvalue weighted by Gasteiger charge is 2.51. The predicted octanol–water partition coefficient (Wildman–Crippen LogP) is -1.01. The zero-order valence-electron chi connectivity index (χ0n) is 4.54. The molecule has 0 radical (unpaired) electrons. The molecule has 0 bridgehead atoms. The van der Waals surface area contributed by atoms with E-state index in [1.54, 1.807) is 0 Å². The van der Waals surface area contributed by atoms with Crippen molar-refractivity contribution in [2.45, 2.75) is 18.2 Å². The maximum absolute atomic E-state index is 8.54. The van der Waals surface area contributed by atoms with Crippen LogP contribution in [0.2, 0.25) is 5.31 Å². The van der Waals surface area contributed by atoms with Crippen LogP contribution in [0.5, 0.6) is 0 Å². The maximum atomic E-state index is 8.54. The molecule has 1 rings (SSSR count). The highest BCUT2D eigenvalue weighted by Crippen LogP contribution is 2.53. The first kappa shape index (κ1) is 6.07. The Labute approximate surface area is 48.1 Å². The lowest BCUT2D eigenvalue weighted by Gasteiger charge is -2.06. The molecule has 0 spiro atoms. The normalized spacial score (nSPS) is 22.9. The molecule has 46 valence electrons. The Morgan fingerprint density at radius 3 is 1.88 bits per heavy atom. The summed E-state index contributed by atoms with van der Waals surface area (Å²) in [5.41, 5.74) is 0. The van der Waals surface area contributed by atoms with Crippen molar-refractivity contribution in [3.05, 3.63) is 0 Å².